The fraction of sp³-hybridized carbons (Fsp3) is 0.364. The number of hydrogen-bond donors (Lipinski definition) is 0. The smallest absolute Gasteiger partial charge is 0.274 e. The Kier molecular flexibility index (Phi) is 3.50. The molecule has 2 unspecified atom stereocenters. The van der Waals surface area contributed by atoms with E-state index >= 15 is 0 Å². The molecule has 0 radical (unpaired) electrons. The number of fused-ring (bicyclic) bond motifs is 6. The summed E-state index contributed by atoms with van der Waals surface area (Å²) >= 11 is 0. The Hall–Kier alpha value is -3.02. The van der Waals surface area contributed by atoms with Gasteiger partial charge in [-0.1, -0.05) is 29.3 Å². The summed E-state index contributed by atoms with van der Waals surface area (Å²) in [4.78, 5) is 39.0. The summed E-state index contributed by atoms with van der Waals surface area (Å²) in [6.07, 6.45) is 1.92. The van der Waals surface area contributed by atoms with Crippen molar-refractivity contribution in [3.63, 3.8) is 0 Å². The van der Waals surface area contributed by atoms with Gasteiger partial charge in [0.25, 0.3) is 5.69 Å². The number of carbonyl (C=O) groups excluding carboxylic acids is 2. The van der Waals surface area contributed by atoms with Crippen molar-refractivity contribution in [1.29, 1.82) is 0 Å². The van der Waals surface area contributed by atoms with E-state index in [1.165, 1.54) is 22.1 Å². The molecule has 1 aliphatic heterocycles. The van der Waals surface area contributed by atoms with Gasteiger partial charge in [0.1, 0.15) is 0 Å². The van der Waals surface area contributed by atoms with Gasteiger partial charge in [-0.05, 0) is 50.7 Å². The second-order valence-electron chi connectivity index (χ2n) is 8.22. The molecule has 2 saturated carbocycles. The third-order valence-corrected chi connectivity index (χ3v) is 6.75. The summed E-state index contributed by atoms with van der Waals surface area (Å²) in [7, 11) is 0. The molecule has 0 aromatic heterocycles. The Morgan fingerprint density at radius 1 is 0.964 bits per heavy atom. The summed E-state index contributed by atoms with van der Waals surface area (Å²) in [5.41, 5.74) is 2.98. The lowest BCUT2D eigenvalue weighted by atomic mass is 9.81. The number of benzene rings is 2. The van der Waals surface area contributed by atoms with Crippen LogP contribution in [0.3, 0.4) is 0 Å². The molecule has 3 aliphatic rings. The molecular formula is C22H20N2O4. The molecule has 5 rings (SSSR count). The Morgan fingerprint density at radius 2 is 1.54 bits per heavy atom. The van der Waals surface area contributed by atoms with Crippen molar-refractivity contribution >= 4 is 34.0 Å². The molecule has 2 amide bonds. The van der Waals surface area contributed by atoms with Gasteiger partial charge >= 0.3 is 0 Å². The van der Waals surface area contributed by atoms with Crippen LogP contribution in [0.4, 0.5) is 11.4 Å². The highest BCUT2D eigenvalue weighted by Gasteiger charge is 2.63. The van der Waals surface area contributed by atoms with E-state index in [1.807, 2.05) is 0 Å². The third-order valence-electron chi connectivity index (χ3n) is 6.75. The van der Waals surface area contributed by atoms with E-state index in [4.69, 9.17) is 0 Å². The zero-order valence-corrected chi connectivity index (χ0v) is 15.7. The number of anilines is 1. The fourth-order valence-electron chi connectivity index (χ4n) is 5.85. The minimum atomic E-state index is -0.435. The number of nitrogens with zero attached hydrogens (tertiary/aromatic N) is 2. The molecule has 0 N–H and O–H groups in total. The van der Waals surface area contributed by atoms with Crippen LogP contribution < -0.4 is 4.90 Å². The zero-order chi connectivity index (χ0) is 19.7. The highest BCUT2D eigenvalue weighted by molar-refractivity contribution is 6.26. The molecule has 2 aromatic rings. The van der Waals surface area contributed by atoms with Crippen LogP contribution in [0.15, 0.2) is 47.5 Å². The SMILES string of the molecule is CC(C)=C1C2CCC1[C@@H]1C(=O)N(c3ccc([N+](=O)[O-])c4ccccc34)C(=O)[C@H]21. The molecule has 28 heavy (non-hydrogen) atoms. The van der Waals surface area contributed by atoms with E-state index in [2.05, 4.69) is 13.8 Å². The first-order valence-corrected chi connectivity index (χ1v) is 9.63. The first-order valence-electron chi connectivity index (χ1n) is 9.63. The normalized spacial score (nSPS) is 28.4. The molecule has 142 valence electrons. The molecule has 2 aliphatic carbocycles. The maximum atomic E-state index is 13.4. The van der Waals surface area contributed by atoms with E-state index < -0.39 is 4.92 Å². The summed E-state index contributed by atoms with van der Waals surface area (Å²) < 4.78 is 0. The second-order valence-corrected chi connectivity index (χ2v) is 8.22. The quantitative estimate of drug-likeness (QED) is 0.340. The standard InChI is InChI=1S/C22H20N2O4/c1-11(2)18-14-7-8-15(18)20-19(14)21(25)23(22(20)26)16-9-10-17(24(27)28)13-6-4-3-5-12(13)16/h3-6,9-10,14-15,19-20H,7-8H2,1-2H3/t14?,15?,19-,20+. The minimum Gasteiger partial charge on any atom is -0.274 e. The lowest BCUT2D eigenvalue weighted by molar-refractivity contribution is -0.383. The Labute approximate surface area is 162 Å². The van der Waals surface area contributed by atoms with Gasteiger partial charge < -0.3 is 0 Å². The van der Waals surface area contributed by atoms with Crippen molar-refractivity contribution < 1.29 is 14.5 Å². The molecule has 3 fully saturated rings. The third kappa shape index (κ3) is 2.03. The van der Waals surface area contributed by atoms with Crippen LogP contribution in [-0.4, -0.2) is 16.7 Å². The molecular weight excluding hydrogens is 356 g/mol. The molecule has 0 spiro atoms. The van der Waals surface area contributed by atoms with Crippen LogP contribution in [-0.2, 0) is 9.59 Å². The van der Waals surface area contributed by atoms with Crippen molar-refractivity contribution in [3.05, 3.63) is 57.7 Å². The topological polar surface area (TPSA) is 80.5 Å². The van der Waals surface area contributed by atoms with E-state index in [0.29, 0.717) is 16.5 Å². The van der Waals surface area contributed by atoms with Crippen LogP contribution in [0.25, 0.3) is 10.8 Å². The molecule has 2 bridgehead atoms. The number of allylic oxidation sites excluding steroid dienone is 2. The lowest BCUT2D eigenvalue weighted by Gasteiger charge is -2.20. The molecule has 2 aromatic carbocycles. The van der Waals surface area contributed by atoms with Gasteiger partial charge in [-0.3, -0.25) is 19.7 Å². The van der Waals surface area contributed by atoms with Crippen LogP contribution in [0, 0.1) is 33.8 Å². The molecule has 1 saturated heterocycles. The predicted molar refractivity (Wildman–Crippen MR) is 105 cm³/mol. The highest BCUT2D eigenvalue weighted by atomic mass is 16.6. The van der Waals surface area contributed by atoms with Gasteiger partial charge in [-0.2, -0.15) is 0 Å². The maximum Gasteiger partial charge on any atom is 0.277 e. The number of carbonyl (C=O) groups is 2. The van der Waals surface area contributed by atoms with Gasteiger partial charge in [0.05, 0.1) is 27.8 Å². The Morgan fingerprint density at radius 3 is 2.07 bits per heavy atom. The second kappa shape index (κ2) is 5.74. The van der Waals surface area contributed by atoms with Crippen LogP contribution in [0.5, 0.6) is 0 Å². The van der Waals surface area contributed by atoms with E-state index in [1.54, 1.807) is 30.3 Å². The number of hydrogen-bond acceptors (Lipinski definition) is 4. The minimum absolute atomic E-state index is 0.0227. The van der Waals surface area contributed by atoms with E-state index in [-0.39, 0.29) is 41.2 Å². The van der Waals surface area contributed by atoms with Gasteiger partial charge in [-0.25, -0.2) is 4.90 Å². The summed E-state index contributed by atoms with van der Waals surface area (Å²) in [5.74, 6) is -0.563. The van der Waals surface area contributed by atoms with E-state index in [0.717, 1.165) is 12.8 Å². The average molecular weight is 376 g/mol. The molecule has 6 nitrogen and oxygen atoms in total. The fourth-order valence-corrected chi connectivity index (χ4v) is 5.85. The van der Waals surface area contributed by atoms with Crippen LogP contribution in [0.2, 0.25) is 0 Å². The number of nitro groups is 1. The van der Waals surface area contributed by atoms with Gasteiger partial charge in [0.15, 0.2) is 0 Å². The van der Waals surface area contributed by atoms with E-state index in [9.17, 15) is 19.7 Å². The zero-order valence-electron chi connectivity index (χ0n) is 15.7. The van der Waals surface area contributed by atoms with Crippen molar-refractivity contribution in [2.75, 3.05) is 4.90 Å². The van der Waals surface area contributed by atoms with Crippen molar-refractivity contribution in [2.24, 2.45) is 23.7 Å². The lowest BCUT2D eigenvalue weighted by Crippen LogP contribution is -2.33. The van der Waals surface area contributed by atoms with Gasteiger partial charge in [0, 0.05) is 11.5 Å². The summed E-state index contributed by atoms with van der Waals surface area (Å²) in [6, 6.07) is 9.83. The number of rotatable bonds is 2. The predicted octanol–water partition coefficient (Wildman–Crippen LogP) is 4.23. The number of imide groups is 1. The molecule has 6 heteroatoms. The van der Waals surface area contributed by atoms with Gasteiger partial charge in [-0.15, -0.1) is 0 Å². The van der Waals surface area contributed by atoms with Gasteiger partial charge in [0.2, 0.25) is 11.8 Å². The van der Waals surface area contributed by atoms with Crippen molar-refractivity contribution in [1.82, 2.24) is 0 Å². The number of non-ortho nitro benzene ring substituents is 1. The van der Waals surface area contributed by atoms with Crippen molar-refractivity contribution in [3.8, 4) is 0 Å². The first kappa shape index (κ1) is 17.1. The Balaban J connectivity index is 1.65. The first-order chi connectivity index (χ1) is 13.4. The Bertz CT molecular complexity index is 1070. The highest BCUT2D eigenvalue weighted by Crippen LogP contribution is 2.60. The molecule has 4 atom stereocenters. The number of amides is 2. The molecule has 1 heterocycles. The summed E-state index contributed by atoms with van der Waals surface area (Å²) in [5, 5.41) is 12.4. The van der Waals surface area contributed by atoms with Crippen LogP contribution in [0.1, 0.15) is 26.7 Å². The maximum absolute atomic E-state index is 13.4. The van der Waals surface area contributed by atoms with Crippen LogP contribution >= 0.6 is 0 Å². The summed E-state index contributed by atoms with van der Waals surface area (Å²) in [6.45, 7) is 4.14. The van der Waals surface area contributed by atoms with Crippen molar-refractivity contribution in [2.45, 2.75) is 26.7 Å². The average Bonchev–Trinajstić information content (AvgIpc) is 3.31. The largest absolute Gasteiger partial charge is 0.277 e. The number of nitro benzene ring substituents is 1. The monoisotopic (exact) mass is 376 g/mol.